The van der Waals surface area contributed by atoms with Gasteiger partial charge in [0.2, 0.25) is 10.0 Å². The Morgan fingerprint density at radius 1 is 1.12 bits per heavy atom. The predicted molar refractivity (Wildman–Crippen MR) is 125 cm³/mol. The van der Waals surface area contributed by atoms with E-state index in [9.17, 15) is 13.2 Å². The van der Waals surface area contributed by atoms with Gasteiger partial charge in [0.25, 0.3) is 11.9 Å². The second-order valence-corrected chi connectivity index (χ2v) is 9.23. The number of hydrogen-bond donors (Lipinski definition) is 1. The van der Waals surface area contributed by atoms with Gasteiger partial charge in [-0.15, -0.1) is 10.2 Å². The van der Waals surface area contributed by atoms with E-state index >= 15 is 0 Å². The summed E-state index contributed by atoms with van der Waals surface area (Å²) in [4.78, 5) is 17.3. The third-order valence-corrected chi connectivity index (χ3v) is 7.54. The Morgan fingerprint density at radius 3 is 2.55 bits per heavy atom. The van der Waals surface area contributed by atoms with E-state index in [-0.39, 0.29) is 10.8 Å². The number of methoxy groups -OCH3 is 1. The van der Waals surface area contributed by atoms with Crippen LogP contribution in [0.25, 0.3) is 22.1 Å². The maximum absolute atomic E-state index is 13.0. The van der Waals surface area contributed by atoms with E-state index < -0.39 is 15.9 Å². The normalized spacial score (nSPS) is 11.9. The van der Waals surface area contributed by atoms with Crippen LogP contribution in [-0.4, -0.2) is 58.6 Å². The van der Waals surface area contributed by atoms with Crippen LogP contribution in [0.15, 0.2) is 47.4 Å². The monoisotopic (exact) mass is 468 g/mol. The molecule has 0 fully saturated rings. The molecule has 0 aliphatic rings. The first-order valence-electron chi connectivity index (χ1n) is 10.4. The number of rotatable bonds is 7. The van der Waals surface area contributed by atoms with E-state index in [0.29, 0.717) is 41.0 Å². The molecule has 0 atom stereocenters. The summed E-state index contributed by atoms with van der Waals surface area (Å²) < 4.78 is 34.3. The van der Waals surface area contributed by atoms with Crippen LogP contribution >= 0.6 is 0 Å². The Hall–Kier alpha value is -3.57. The van der Waals surface area contributed by atoms with Gasteiger partial charge in [0, 0.05) is 25.5 Å². The van der Waals surface area contributed by atoms with E-state index in [1.165, 1.54) is 11.4 Å². The summed E-state index contributed by atoms with van der Waals surface area (Å²) in [5.41, 5.74) is 2.00. The molecule has 33 heavy (non-hydrogen) atoms. The first kappa shape index (κ1) is 22.6. The molecule has 2 aromatic carbocycles. The van der Waals surface area contributed by atoms with Crippen molar-refractivity contribution < 1.29 is 17.9 Å². The highest BCUT2D eigenvalue weighted by Crippen LogP contribution is 2.29. The molecule has 2 heterocycles. The summed E-state index contributed by atoms with van der Waals surface area (Å²) in [5.74, 6) is 0.0239. The number of hydrogen-bond acceptors (Lipinski definition) is 7. The molecule has 0 saturated carbocycles. The smallest absolute Gasteiger partial charge is 0.261 e. The molecule has 0 saturated heterocycles. The molecule has 0 unspecified atom stereocenters. The number of carbonyl (C=O) groups is 1. The number of carbonyl (C=O) groups excluding carboxylic acids is 1. The molecule has 11 heteroatoms. The number of nitrogens with zero attached hydrogens (tertiary/aromatic N) is 5. The Bertz CT molecular complexity index is 1460. The molecule has 0 aliphatic carbocycles. The number of aromatic nitrogens is 4. The number of anilines is 1. The van der Waals surface area contributed by atoms with Crippen molar-refractivity contribution >= 4 is 43.9 Å². The minimum absolute atomic E-state index is 0.0281. The van der Waals surface area contributed by atoms with Crippen LogP contribution in [0.2, 0.25) is 0 Å². The van der Waals surface area contributed by atoms with Gasteiger partial charge in [-0.05, 0) is 30.3 Å². The van der Waals surface area contributed by atoms with Gasteiger partial charge < -0.3 is 9.30 Å². The van der Waals surface area contributed by atoms with Crippen molar-refractivity contribution in [3.8, 4) is 5.75 Å². The second-order valence-electron chi connectivity index (χ2n) is 7.29. The fraction of sp³-hybridized carbons (Fsp3) is 0.273. The highest BCUT2D eigenvalue weighted by atomic mass is 32.2. The largest absolute Gasteiger partial charge is 0.496 e. The van der Waals surface area contributed by atoms with Crippen LogP contribution in [0.3, 0.4) is 0 Å². The van der Waals surface area contributed by atoms with Gasteiger partial charge in [-0.3, -0.25) is 10.1 Å². The van der Waals surface area contributed by atoms with Crippen molar-refractivity contribution in [3.05, 3.63) is 48.0 Å². The number of ether oxygens (including phenoxy) is 1. The Morgan fingerprint density at radius 2 is 1.85 bits per heavy atom. The summed E-state index contributed by atoms with van der Waals surface area (Å²) >= 11 is 0. The molecule has 4 aromatic rings. The fourth-order valence-electron chi connectivity index (χ4n) is 3.76. The van der Waals surface area contributed by atoms with Gasteiger partial charge >= 0.3 is 0 Å². The first-order valence-corrected chi connectivity index (χ1v) is 11.8. The summed E-state index contributed by atoms with van der Waals surface area (Å²) in [6.45, 7) is 4.35. The number of sulfonamides is 1. The number of para-hydroxylation sites is 1. The van der Waals surface area contributed by atoms with E-state index in [2.05, 4.69) is 20.5 Å². The SMILES string of the molecule is CCN(CC)S(=O)(=O)c1ccc2c(c1)c1nnc(NC(=O)c3ccccc3OC)nc1n2C. The average Bonchev–Trinajstić information content (AvgIpc) is 3.10. The number of fused-ring (bicyclic) bond motifs is 3. The maximum atomic E-state index is 13.0. The van der Waals surface area contributed by atoms with Crippen molar-refractivity contribution in [1.82, 2.24) is 24.1 Å². The first-order chi connectivity index (χ1) is 15.8. The fourth-order valence-corrected chi connectivity index (χ4v) is 5.25. The Balaban J connectivity index is 1.75. The lowest BCUT2D eigenvalue weighted by Crippen LogP contribution is -2.30. The molecule has 1 N–H and O–H groups in total. The third kappa shape index (κ3) is 3.89. The van der Waals surface area contributed by atoms with Crippen molar-refractivity contribution in [2.75, 3.05) is 25.5 Å². The molecule has 0 radical (unpaired) electrons. The molecule has 10 nitrogen and oxygen atoms in total. The predicted octanol–water partition coefficient (Wildman–Crippen LogP) is 2.81. The van der Waals surface area contributed by atoms with E-state index in [1.54, 1.807) is 67.9 Å². The molecular formula is C22H24N6O4S. The zero-order chi connectivity index (χ0) is 23.8. The third-order valence-electron chi connectivity index (χ3n) is 5.49. The van der Waals surface area contributed by atoms with Gasteiger partial charge in [0.1, 0.15) is 11.3 Å². The zero-order valence-electron chi connectivity index (χ0n) is 18.7. The maximum Gasteiger partial charge on any atom is 0.261 e. The van der Waals surface area contributed by atoms with Crippen LogP contribution in [-0.2, 0) is 17.1 Å². The Kier molecular flexibility index (Phi) is 6.00. The molecule has 172 valence electrons. The molecule has 2 aromatic heterocycles. The van der Waals surface area contributed by atoms with Crippen LogP contribution in [0.5, 0.6) is 5.75 Å². The Labute approximate surface area is 191 Å². The average molecular weight is 469 g/mol. The standard InChI is InChI=1S/C22H24N6O4S/c1-5-28(6-2)33(30,31)14-11-12-17-16(13-14)19-20(27(17)3)23-22(26-25-19)24-21(29)15-9-7-8-10-18(15)32-4/h7-13H,5-6H2,1-4H3,(H,23,24,26,29). The van der Waals surface area contributed by atoms with Gasteiger partial charge in [0.05, 0.1) is 23.1 Å². The zero-order valence-corrected chi connectivity index (χ0v) is 19.5. The lowest BCUT2D eigenvalue weighted by molar-refractivity contribution is 0.102. The van der Waals surface area contributed by atoms with Crippen LogP contribution in [0, 0.1) is 0 Å². The van der Waals surface area contributed by atoms with E-state index in [4.69, 9.17) is 4.74 Å². The number of aryl methyl sites for hydroxylation is 1. The summed E-state index contributed by atoms with van der Waals surface area (Å²) in [5, 5.41) is 11.5. The second kappa shape index (κ2) is 8.75. The number of nitrogens with one attached hydrogen (secondary N) is 1. The van der Waals surface area contributed by atoms with Crippen LogP contribution in [0.1, 0.15) is 24.2 Å². The lowest BCUT2D eigenvalue weighted by Gasteiger charge is -2.18. The van der Waals surface area contributed by atoms with Crippen LogP contribution < -0.4 is 10.1 Å². The van der Waals surface area contributed by atoms with E-state index in [1.807, 2.05) is 0 Å². The molecule has 0 bridgehead atoms. The minimum Gasteiger partial charge on any atom is -0.496 e. The van der Waals surface area contributed by atoms with Gasteiger partial charge in [0.15, 0.2) is 5.65 Å². The quantitative estimate of drug-likeness (QED) is 0.443. The minimum atomic E-state index is -3.63. The number of amides is 1. The topological polar surface area (TPSA) is 119 Å². The summed E-state index contributed by atoms with van der Waals surface area (Å²) in [6, 6.07) is 11.7. The highest BCUT2D eigenvalue weighted by molar-refractivity contribution is 7.89. The highest BCUT2D eigenvalue weighted by Gasteiger charge is 2.24. The molecule has 0 aliphatic heterocycles. The van der Waals surface area contributed by atoms with Crippen molar-refractivity contribution in [2.45, 2.75) is 18.7 Å². The van der Waals surface area contributed by atoms with Gasteiger partial charge in [-0.25, -0.2) is 8.42 Å². The molecular weight excluding hydrogens is 444 g/mol. The van der Waals surface area contributed by atoms with E-state index in [0.717, 1.165) is 5.52 Å². The lowest BCUT2D eigenvalue weighted by atomic mass is 10.2. The molecule has 4 rings (SSSR count). The van der Waals surface area contributed by atoms with Crippen molar-refractivity contribution in [1.29, 1.82) is 0 Å². The molecule has 1 amide bonds. The van der Waals surface area contributed by atoms with Crippen molar-refractivity contribution in [2.24, 2.45) is 7.05 Å². The van der Waals surface area contributed by atoms with Gasteiger partial charge in [-0.1, -0.05) is 26.0 Å². The molecule has 0 spiro atoms. The summed E-state index contributed by atoms with van der Waals surface area (Å²) in [7, 11) is -0.345. The number of benzene rings is 2. The summed E-state index contributed by atoms with van der Waals surface area (Å²) in [6.07, 6.45) is 0. The van der Waals surface area contributed by atoms with Gasteiger partial charge in [-0.2, -0.15) is 9.29 Å². The van der Waals surface area contributed by atoms with Crippen LogP contribution in [0.4, 0.5) is 5.95 Å². The van der Waals surface area contributed by atoms with Crippen molar-refractivity contribution in [3.63, 3.8) is 0 Å².